The molecule has 0 spiro atoms. The first-order valence-corrected chi connectivity index (χ1v) is 7.84. The van der Waals surface area contributed by atoms with Gasteiger partial charge in [0.15, 0.2) is 0 Å². The zero-order chi connectivity index (χ0) is 16.7. The summed E-state index contributed by atoms with van der Waals surface area (Å²) in [6.45, 7) is 3.09. The van der Waals surface area contributed by atoms with Crippen LogP contribution in [0, 0.1) is 6.92 Å². The van der Waals surface area contributed by atoms with E-state index in [0.717, 1.165) is 29.7 Å². The number of rotatable bonds is 7. The number of carbonyl (C=O) groups is 1. The smallest absolute Gasteiger partial charge is 0.250 e. The van der Waals surface area contributed by atoms with E-state index >= 15 is 0 Å². The van der Waals surface area contributed by atoms with E-state index < -0.39 is 0 Å². The van der Waals surface area contributed by atoms with Gasteiger partial charge in [-0.3, -0.25) is 9.59 Å². The Labute approximate surface area is 136 Å². The zero-order valence-electron chi connectivity index (χ0n) is 13.4. The van der Waals surface area contributed by atoms with E-state index in [4.69, 9.17) is 5.73 Å². The van der Waals surface area contributed by atoms with Gasteiger partial charge in [0.1, 0.15) is 0 Å². The third kappa shape index (κ3) is 5.38. The Morgan fingerprint density at radius 1 is 1.13 bits per heavy atom. The van der Waals surface area contributed by atoms with Crippen molar-refractivity contribution >= 4 is 11.6 Å². The van der Waals surface area contributed by atoms with Crippen molar-refractivity contribution in [1.82, 2.24) is 4.57 Å². The maximum atomic E-state index is 11.9. The van der Waals surface area contributed by atoms with Gasteiger partial charge in [-0.25, -0.2) is 0 Å². The second-order valence-electron chi connectivity index (χ2n) is 5.64. The Hall–Kier alpha value is -2.40. The first kappa shape index (κ1) is 17.0. The molecule has 0 saturated carbocycles. The number of unbranched alkanes of at least 4 members (excludes halogenated alkanes) is 1. The molecule has 2 rings (SSSR count). The molecule has 0 radical (unpaired) electrons. The van der Waals surface area contributed by atoms with Crippen molar-refractivity contribution in [1.29, 1.82) is 0 Å². The van der Waals surface area contributed by atoms with E-state index in [9.17, 15) is 9.59 Å². The molecule has 3 N–H and O–H groups in total. The van der Waals surface area contributed by atoms with E-state index in [2.05, 4.69) is 5.32 Å². The molecule has 0 aliphatic carbocycles. The van der Waals surface area contributed by atoms with Crippen molar-refractivity contribution in [2.75, 3.05) is 5.32 Å². The second-order valence-corrected chi connectivity index (χ2v) is 5.64. The van der Waals surface area contributed by atoms with Crippen LogP contribution in [0.15, 0.2) is 47.4 Å². The number of aryl methyl sites for hydroxylation is 2. The molecule has 1 heterocycles. The number of hydrogen-bond donors (Lipinski definition) is 2. The fourth-order valence-electron chi connectivity index (χ4n) is 2.34. The highest BCUT2D eigenvalue weighted by molar-refractivity contribution is 5.90. The van der Waals surface area contributed by atoms with E-state index in [0.29, 0.717) is 19.5 Å². The summed E-state index contributed by atoms with van der Waals surface area (Å²) in [6.07, 6.45) is 3.83. The molecule has 1 aromatic heterocycles. The molecule has 0 bridgehead atoms. The van der Waals surface area contributed by atoms with E-state index in [1.165, 1.54) is 0 Å². The standard InChI is InChI=1S/C18H23N3O2/c1-14-5-10-18(23)21(13-14)11-3-2-4-17(22)20-16-8-6-15(12-19)7-9-16/h5-10,13H,2-4,11-12,19H2,1H3,(H,20,22). The third-order valence-corrected chi connectivity index (χ3v) is 3.66. The predicted octanol–water partition coefficient (Wildman–Crippen LogP) is 2.42. The van der Waals surface area contributed by atoms with Crippen LogP contribution >= 0.6 is 0 Å². The van der Waals surface area contributed by atoms with Gasteiger partial charge in [0.05, 0.1) is 0 Å². The summed E-state index contributed by atoms with van der Waals surface area (Å²) in [6, 6.07) is 10.9. The number of nitrogens with two attached hydrogens (primary N) is 1. The molecule has 1 amide bonds. The van der Waals surface area contributed by atoms with Gasteiger partial charge in [0, 0.05) is 37.5 Å². The monoisotopic (exact) mass is 313 g/mol. The molecule has 5 nitrogen and oxygen atoms in total. The summed E-state index contributed by atoms with van der Waals surface area (Å²) in [5.74, 6) is -0.0120. The van der Waals surface area contributed by atoms with Crippen molar-refractivity contribution in [2.45, 2.75) is 39.3 Å². The number of nitrogens with one attached hydrogen (secondary N) is 1. The van der Waals surface area contributed by atoms with Crippen LogP contribution in [0.25, 0.3) is 0 Å². The Morgan fingerprint density at radius 3 is 2.57 bits per heavy atom. The summed E-state index contributed by atoms with van der Waals surface area (Å²) in [4.78, 5) is 23.6. The molecule has 1 aromatic carbocycles. The molecule has 0 fully saturated rings. The maximum absolute atomic E-state index is 11.9. The van der Waals surface area contributed by atoms with E-state index in [1.807, 2.05) is 43.5 Å². The van der Waals surface area contributed by atoms with Gasteiger partial charge in [-0.15, -0.1) is 0 Å². The number of hydrogen-bond acceptors (Lipinski definition) is 3. The number of nitrogens with zero attached hydrogens (tertiary/aromatic N) is 1. The zero-order valence-corrected chi connectivity index (χ0v) is 13.4. The quantitative estimate of drug-likeness (QED) is 0.771. The topological polar surface area (TPSA) is 77.1 Å². The van der Waals surface area contributed by atoms with Crippen LogP contribution < -0.4 is 16.6 Å². The van der Waals surface area contributed by atoms with Crippen molar-refractivity contribution in [2.24, 2.45) is 5.73 Å². The number of pyridine rings is 1. The van der Waals surface area contributed by atoms with Crippen LogP contribution in [0.4, 0.5) is 5.69 Å². The molecule has 0 saturated heterocycles. The molecule has 122 valence electrons. The average molecular weight is 313 g/mol. The van der Waals surface area contributed by atoms with Crippen molar-refractivity contribution in [3.63, 3.8) is 0 Å². The highest BCUT2D eigenvalue weighted by Gasteiger charge is 2.03. The number of amides is 1. The Balaban J connectivity index is 1.74. The molecule has 0 atom stereocenters. The van der Waals surface area contributed by atoms with Gasteiger partial charge < -0.3 is 15.6 Å². The molecular weight excluding hydrogens is 290 g/mol. The lowest BCUT2D eigenvalue weighted by molar-refractivity contribution is -0.116. The Kier molecular flexibility index (Phi) is 6.11. The second kappa shape index (κ2) is 8.29. The largest absolute Gasteiger partial charge is 0.326 e. The molecule has 0 unspecified atom stereocenters. The van der Waals surface area contributed by atoms with Gasteiger partial charge in [-0.2, -0.15) is 0 Å². The lowest BCUT2D eigenvalue weighted by atomic mass is 10.2. The predicted molar refractivity (Wildman–Crippen MR) is 92.3 cm³/mol. The third-order valence-electron chi connectivity index (χ3n) is 3.66. The number of anilines is 1. The van der Waals surface area contributed by atoms with Crippen LogP contribution in [-0.4, -0.2) is 10.5 Å². The maximum Gasteiger partial charge on any atom is 0.250 e. The minimum Gasteiger partial charge on any atom is -0.326 e. The van der Waals surface area contributed by atoms with Crippen molar-refractivity contribution < 1.29 is 4.79 Å². The van der Waals surface area contributed by atoms with Gasteiger partial charge in [0.2, 0.25) is 5.91 Å². The van der Waals surface area contributed by atoms with E-state index in [-0.39, 0.29) is 11.5 Å². The summed E-state index contributed by atoms with van der Waals surface area (Å²) < 4.78 is 1.69. The Morgan fingerprint density at radius 2 is 1.87 bits per heavy atom. The normalized spacial score (nSPS) is 10.5. The first-order valence-electron chi connectivity index (χ1n) is 7.84. The van der Waals surface area contributed by atoms with Gasteiger partial charge in [-0.05, 0) is 43.0 Å². The van der Waals surface area contributed by atoms with Gasteiger partial charge >= 0.3 is 0 Å². The highest BCUT2D eigenvalue weighted by atomic mass is 16.1. The highest BCUT2D eigenvalue weighted by Crippen LogP contribution is 2.10. The molecule has 0 aliphatic rings. The lowest BCUT2D eigenvalue weighted by Gasteiger charge is -2.08. The fourth-order valence-corrected chi connectivity index (χ4v) is 2.34. The summed E-state index contributed by atoms with van der Waals surface area (Å²) in [5, 5.41) is 2.86. The molecular formula is C18H23N3O2. The summed E-state index contributed by atoms with van der Waals surface area (Å²) in [7, 11) is 0. The number of carbonyl (C=O) groups excluding carboxylic acids is 1. The Bertz CT molecular complexity index is 705. The van der Waals surface area contributed by atoms with Crippen LogP contribution in [0.5, 0.6) is 0 Å². The minimum absolute atomic E-state index is 0.0000417. The van der Waals surface area contributed by atoms with Gasteiger partial charge in [0.25, 0.3) is 5.56 Å². The molecule has 0 aliphatic heterocycles. The van der Waals surface area contributed by atoms with Gasteiger partial charge in [-0.1, -0.05) is 18.2 Å². The lowest BCUT2D eigenvalue weighted by Crippen LogP contribution is -2.19. The average Bonchev–Trinajstić information content (AvgIpc) is 2.55. The van der Waals surface area contributed by atoms with E-state index in [1.54, 1.807) is 10.6 Å². The van der Waals surface area contributed by atoms with Crippen molar-refractivity contribution in [3.05, 3.63) is 64.1 Å². The SMILES string of the molecule is Cc1ccc(=O)n(CCCCC(=O)Nc2ccc(CN)cc2)c1. The fraction of sp³-hybridized carbons (Fsp3) is 0.333. The summed E-state index contributed by atoms with van der Waals surface area (Å²) in [5.41, 5.74) is 8.41. The number of benzene rings is 1. The first-order chi connectivity index (χ1) is 11.1. The number of aromatic nitrogens is 1. The molecule has 23 heavy (non-hydrogen) atoms. The summed E-state index contributed by atoms with van der Waals surface area (Å²) >= 11 is 0. The van der Waals surface area contributed by atoms with Crippen molar-refractivity contribution in [3.8, 4) is 0 Å². The van der Waals surface area contributed by atoms with Crippen LogP contribution in [0.3, 0.4) is 0 Å². The minimum atomic E-state index is -0.0120. The molecule has 5 heteroatoms. The van der Waals surface area contributed by atoms with Crippen LogP contribution in [0.2, 0.25) is 0 Å². The van der Waals surface area contributed by atoms with Crippen LogP contribution in [-0.2, 0) is 17.9 Å². The molecule has 2 aromatic rings. The van der Waals surface area contributed by atoms with Crippen LogP contribution in [0.1, 0.15) is 30.4 Å².